The molecule has 0 spiro atoms. The van der Waals surface area contributed by atoms with Gasteiger partial charge >= 0.3 is 0 Å². The van der Waals surface area contributed by atoms with Crippen LogP contribution in [0.3, 0.4) is 0 Å². The Morgan fingerprint density at radius 1 is 1.21 bits per heavy atom. The van der Waals surface area contributed by atoms with Gasteiger partial charge in [0.25, 0.3) is 0 Å². The van der Waals surface area contributed by atoms with Crippen LogP contribution in [0.25, 0.3) is 0 Å². The summed E-state index contributed by atoms with van der Waals surface area (Å²) in [7, 11) is -3.10. The number of benzene rings is 1. The van der Waals surface area contributed by atoms with E-state index in [0.29, 0.717) is 0 Å². The second kappa shape index (κ2) is 6.70. The van der Waals surface area contributed by atoms with E-state index in [2.05, 4.69) is 5.32 Å². The summed E-state index contributed by atoms with van der Waals surface area (Å²) < 4.78 is 22.1. The third-order valence-electron chi connectivity index (χ3n) is 2.84. The van der Waals surface area contributed by atoms with Crippen LogP contribution in [0.15, 0.2) is 30.3 Å². The van der Waals surface area contributed by atoms with E-state index < -0.39 is 9.84 Å². The highest BCUT2D eigenvalue weighted by atomic mass is 32.2. The highest BCUT2D eigenvalue weighted by molar-refractivity contribution is 7.90. The quantitative estimate of drug-likeness (QED) is 0.867. The van der Waals surface area contributed by atoms with Crippen molar-refractivity contribution in [1.29, 1.82) is 0 Å². The van der Waals surface area contributed by atoms with Crippen LogP contribution >= 0.6 is 0 Å². The fraction of sp³-hybridized carbons (Fsp3) is 0.500. The minimum absolute atomic E-state index is 0.00882. The summed E-state index contributed by atoms with van der Waals surface area (Å²) in [5.74, 6) is -0.101. The van der Waals surface area contributed by atoms with Crippen molar-refractivity contribution >= 4 is 15.7 Å². The zero-order valence-electron chi connectivity index (χ0n) is 11.6. The van der Waals surface area contributed by atoms with E-state index in [4.69, 9.17) is 0 Å². The molecule has 1 unspecified atom stereocenters. The average molecular weight is 283 g/mol. The van der Waals surface area contributed by atoms with Crippen molar-refractivity contribution < 1.29 is 13.2 Å². The predicted octanol–water partition coefficient (Wildman–Crippen LogP) is 1.93. The molecule has 1 rings (SSSR count). The minimum atomic E-state index is -3.10. The first-order chi connectivity index (χ1) is 8.79. The lowest BCUT2D eigenvalue weighted by molar-refractivity contribution is -0.121. The smallest absolute Gasteiger partial charge is 0.221 e. The number of carbonyl (C=O) groups excluding carboxylic acids is 1. The van der Waals surface area contributed by atoms with Crippen LogP contribution in [0.2, 0.25) is 0 Å². The molecule has 106 valence electrons. The number of carbonyl (C=O) groups is 1. The van der Waals surface area contributed by atoms with Crippen molar-refractivity contribution in [3.05, 3.63) is 35.9 Å². The van der Waals surface area contributed by atoms with Crippen LogP contribution in [0.4, 0.5) is 0 Å². The van der Waals surface area contributed by atoms with Crippen molar-refractivity contribution in [2.45, 2.75) is 26.3 Å². The van der Waals surface area contributed by atoms with Gasteiger partial charge in [-0.25, -0.2) is 8.42 Å². The van der Waals surface area contributed by atoms with Gasteiger partial charge in [0.05, 0.1) is 11.8 Å². The minimum Gasteiger partial charge on any atom is -0.349 e. The molecule has 0 aromatic heterocycles. The van der Waals surface area contributed by atoms with Crippen molar-refractivity contribution in [1.82, 2.24) is 5.32 Å². The van der Waals surface area contributed by atoms with Crippen LogP contribution < -0.4 is 5.32 Å². The van der Waals surface area contributed by atoms with Gasteiger partial charge in [-0.05, 0) is 11.5 Å². The fourth-order valence-electron chi connectivity index (χ4n) is 1.82. The first-order valence-electron chi connectivity index (χ1n) is 6.31. The maximum Gasteiger partial charge on any atom is 0.221 e. The summed E-state index contributed by atoms with van der Waals surface area (Å²) in [6.07, 6.45) is 1.15. The van der Waals surface area contributed by atoms with E-state index in [1.165, 1.54) is 0 Å². The van der Waals surface area contributed by atoms with Crippen molar-refractivity contribution in [3.63, 3.8) is 0 Å². The number of sulfone groups is 1. The molecule has 19 heavy (non-hydrogen) atoms. The van der Waals surface area contributed by atoms with Crippen LogP contribution in [0.1, 0.15) is 31.9 Å². The molecule has 1 N–H and O–H groups in total. The number of amides is 1. The second-order valence-corrected chi connectivity index (χ2v) is 7.34. The maximum atomic E-state index is 11.8. The van der Waals surface area contributed by atoms with Gasteiger partial charge in [0, 0.05) is 12.7 Å². The molecule has 1 aromatic carbocycles. The van der Waals surface area contributed by atoms with Crippen LogP contribution in [0.5, 0.6) is 0 Å². The molecular weight excluding hydrogens is 262 g/mol. The Balaban J connectivity index is 2.68. The fourth-order valence-corrected chi connectivity index (χ4v) is 2.38. The van der Waals surface area contributed by atoms with E-state index in [1.807, 2.05) is 44.2 Å². The lowest BCUT2D eigenvalue weighted by Gasteiger charge is -2.22. The molecule has 0 radical (unpaired) electrons. The molecule has 1 aromatic rings. The summed E-state index contributed by atoms with van der Waals surface area (Å²) >= 11 is 0. The first kappa shape index (κ1) is 15.7. The second-order valence-electron chi connectivity index (χ2n) is 5.08. The molecule has 0 fully saturated rings. The SMILES string of the molecule is CC(C)C(NC(=O)CCS(C)(=O)=O)c1ccccc1. The Morgan fingerprint density at radius 2 is 1.79 bits per heavy atom. The standard InChI is InChI=1S/C14H21NO3S/c1-11(2)14(12-7-5-4-6-8-12)15-13(16)9-10-19(3,17)18/h4-8,11,14H,9-10H2,1-3H3,(H,15,16). The zero-order valence-corrected chi connectivity index (χ0v) is 12.4. The molecule has 0 aliphatic carbocycles. The van der Waals surface area contributed by atoms with Gasteiger partial charge in [-0.2, -0.15) is 0 Å². The van der Waals surface area contributed by atoms with Crippen LogP contribution in [-0.4, -0.2) is 26.3 Å². The summed E-state index contributed by atoms with van der Waals surface area (Å²) in [6, 6.07) is 9.60. The Bertz CT molecular complexity index is 509. The average Bonchev–Trinajstić information content (AvgIpc) is 2.33. The monoisotopic (exact) mass is 283 g/mol. The van der Waals surface area contributed by atoms with Crippen LogP contribution in [-0.2, 0) is 14.6 Å². The van der Waals surface area contributed by atoms with Gasteiger partial charge in [-0.3, -0.25) is 4.79 Å². The molecule has 0 aliphatic rings. The topological polar surface area (TPSA) is 63.2 Å². The van der Waals surface area contributed by atoms with E-state index in [0.717, 1.165) is 11.8 Å². The maximum absolute atomic E-state index is 11.8. The normalized spacial score (nSPS) is 13.3. The molecule has 0 bridgehead atoms. The highest BCUT2D eigenvalue weighted by Gasteiger charge is 2.18. The molecule has 5 heteroatoms. The number of nitrogens with one attached hydrogen (secondary N) is 1. The third kappa shape index (κ3) is 5.87. The van der Waals surface area contributed by atoms with Gasteiger partial charge < -0.3 is 5.32 Å². The van der Waals surface area contributed by atoms with E-state index in [9.17, 15) is 13.2 Å². The molecule has 1 amide bonds. The number of hydrogen-bond acceptors (Lipinski definition) is 3. The Morgan fingerprint density at radius 3 is 2.26 bits per heavy atom. The largest absolute Gasteiger partial charge is 0.349 e. The highest BCUT2D eigenvalue weighted by Crippen LogP contribution is 2.21. The Kier molecular flexibility index (Phi) is 5.54. The zero-order chi connectivity index (χ0) is 14.5. The van der Waals surface area contributed by atoms with Crippen LogP contribution in [0, 0.1) is 5.92 Å². The molecule has 0 heterocycles. The Hall–Kier alpha value is -1.36. The van der Waals surface area contributed by atoms with Gasteiger partial charge in [0.1, 0.15) is 9.84 Å². The third-order valence-corrected chi connectivity index (χ3v) is 3.79. The van der Waals surface area contributed by atoms with Crippen molar-refractivity contribution in [2.75, 3.05) is 12.0 Å². The van der Waals surface area contributed by atoms with Gasteiger partial charge in [-0.1, -0.05) is 44.2 Å². The molecule has 0 aliphatic heterocycles. The van der Waals surface area contributed by atoms with Crippen molar-refractivity contribution in [3.8, 4) is 0 Å². The van der Waals surface area contributed by atoms with E-state index in [-0.39, 0.29) is 30.0 Å². The van der Waals surface area contributed by atoms with E-state index >= 15 is 0 Å². The lowest BCUT2D eigenvalue weighted by atomic mass is 9.96. The number of hydrogen-bond donors (Lipinski definition) is 1. The predicted molar refractivity (Wildman–Crippen MR) is 76.5 cm³/mol. The van der Waals surface area contributed by atoms with E-state index in [1.54, 1.807) is 0 Å². The summed E-state index contributed by atoms with van der Waals surface area (Å²) in [4.78, 5) is 11.8. The Labute approximate surface area is 115 Å². The molecule has 0 saturated carbocycles. The number of rotatable bonds is 6. The molecule has 0 saturated heterocycles. The molecule has 1 atom stereocenters. The summed E-state index contributed by atoms with van der Waals surface area (Å²) in [5, 5.41) is 2.90. The first-order valence-corrected chi connectivity index (χ1v) is 8.37. The van der Waals surface area contributed by atoms with Crippen molar-refractivity contribution in [2.24, 2.45) is 5.92 Å². The summed E-state index contributed by atoms with van der Waals surface area (Å²) in [6.45, 7) is 4.04. The van der Waals surface area contributed by atoms with Gasteiger partial charge in [0.15, 0.2) is 0 Å². The molecular formula is C14H21NO3S. The molecule has 4 nitrogen and oxygen atoms in total. The summed E-state index contributed by atoms with van der Waals surface area (Å²) in [5.41, 5.74) is 1.03. The van der Waals surface area contributed by atoms with Gasteiger partial charge in [-0.15, -0.1) is 0 Å². The van der Waals surface area contributed by atoms with Gasteiger partial charge in [0.2, 0.25) is 5.91 Å². The lowest BCUT2D eigenvalue weighted by Crippen LogP contribution is -2.32.